The lowest BCUT2D eigenvalue weighted by Crippen LogP contribution is -2.30. The topological polar surface area (TPSA) is 62.2 Å². The molecule has 4 heteroatoms. The van der Waals surface area contributed by atoms with E-state index in [1.807, 2.05) is 30.3 Å². The van der Waals surface area contributed by atoms with Crippen molar-refractivity contribution in [3.63, 3.8) is 0 Å². The largest absolute Gasteiger partial charge is 0.396 e. The van der Waals surface area contributed by atoms with Crippen LogP contribution in [0.15, 0.2) is 36.4 Å². The predicted octanol–water partition coefficient (Wildman–Crippen LogP) is 2.37. The van der Waals surface area contributed by atoms with E-state index in [1.165, 1.54) is 0 Å². The summed E-state index contributed by atoms with van der Waals surface area (Å²) >= 11 is 0. The molecule has 0 saturated carbocycles. The molecule has 1 aromatic heterocycles. The normalized spacial score (nSPS) is 12.3. The zero-order chi connectivity index (χ0) is 14.4. The highest BCUT2D eigenvalue weighted by Gasteiger charge is 2.11. The van der Waals surface area contributed by atoms with E-state index in [-0.39, 0.29) is 12.5 Å². The van der Waals surface area contributed by atoms with Crippen LogP contribution in [0.5, 0.6) is 0 Å². The molecular formula is C16H20N2O2. The number of aromatic nitrogens is 1. The number of pyridine rings is 1. The van der Waals surface area contributed by atoms with Crippen molar-refractivity contribution >= 4 is 16.8 Å². The van der Waals surface area contributed by atoms with Crippen molar-refractivity contribution in [3.8, 4) is 0 Å². The van der Waals surface area contributed by atoms with Gasteiger partial charge in [-0.1, -0.05) is 37.6 Å². The quantitative estimate of drug-likeness (QED) is 0.848. The van der Waals surface area contributed by atoms with Crippen LogP contribution in [0.2, 0.25) is 0 Å². The van der Waals surface area contributed by atoms with Gasteiger partial charge in [-0.05, 0) is 24.5 Å². The maximum atomic E-state index is 12.1. The van der Waals surface area contributed by atoms with Gasteiger partial charge in [0.1, 0.15) is 5.69 Å². The van der Waals surface area contributed by atoms with Gasteiger partial charge in [0.15, 0.2) is 0 Å². The van der Waals surface area contributed by atoms with Crippen LogP contribution in [0.4, 0.5) is 0 Å². The van der Waals surface area contributed by atoms with Crippen molar-refractivity contribution in [3.05, 3.63) is 42.1 Å². The zero-order valence-electron chi connectivity index (χ0n) is 11.7. The van der Waals surface area contributed by atoms with Crippen molar-refractivity contribution in [1.82, 2.24) is 10.3 Å². The van der Waals surface area contributed by atoms with Crippen LogP contribution in [-0.2, 0) is 0 Å². The summed E-state index contributed by atoms with van der Waals surface area (Å²) < 4.78 is 0. The van der Waals surface area contributed by atoms with Crippen LogP contribution >= 0.6 is 0 Å². The predicted molar refractivity (Wildman–Crippen MR) is 79.6 cm³/mol. The summed E-state index contributed by atoms with van der Waals surface area (Å²) in [5.74, 6) is 0.150. The lowest BCUT2D eigenvalue weighted by molar-refractivity contribution is 0.0939. The summed E-state index contributed by atoms with van der Waals surface area (Å²) in [6, 6.07) is 11.4. The summed E-state index contributed by atoms with van der Waals surface area (Å²) in [5.41, 5.74) is 1.25. The second-order valence-electron chi connectivity index (χ2n) is 4.89. The van der Waals surface area contributed by atoms with Gasteiger partial charge in [0.25, 0.3) is 5.91 Å². The summed E-state index contributed by atoms with van der Waals surface area (Å²) in [5, 5.41) is 12.9. The second kappa shape index (κ2) is 7.01. The average molecular weight is 272 g/mol. The van der Waals surface area contributed by atoms with E-state index in [2.05, 4.69) is 17.2 Å². The third kappa shape index (κ3) is 3.54. The highest BCUT2D eigenvalue weighted by Crippen LogP contribution is 2.12. The molecule has 2 aromatic rings. The molecule has 106 valence electrons. The van der Waals surface area contributed by atoms with Crippen molar-refractivity contribution in [1.29, 1.82) is 0 Å². The maximum absolute atomic E-state index is 12.1. The summed E-state index contributed by atoms with van der Waals surface area (Å²) in [6.07, 6.45) is 1.65. The van der Waals surface area contributed by atoms with Gasteiger partial charge >= 0.3 is 0 Å². The number of carbonyl (C=O) groups is 1. The SMILES string of the molecule is CCC(CCO)CNC(=O)c1ccc2ccccc2n1. The Bertz CT molecular complexity index is 583. The molecule has 0 aliphatic rings. The molecule has 4 nitrogen and oxygen atoms in total. The van der Waals surface area contributed by atoms with Crippen LogP contribution in [0.3, 0.4) is 0 Å². The number of carbonyl (C=O) groups excluding carboxylic acids is 1. The van der Waals surface area contributed by atoms with E-state index in [0.717, 1.165) is 17.3 Å². The van der Waals surface area contributed by atoms with Gasteiger partial charge in [-0.3, -0.25) is 4.79 Å². The van der Waals surface area contributed by atoms with E-state index in [9.17, 15) is 4.79 Å². The third-order valence-electron chi connectivity index (χ3n) is 3.50. The Labute approximate surface area is 118 Å². The molecule has 0 spiro atoms. The standard InChI is InChI=1S/C16H20N2O2/c1-2-12(9-10-19)11-17-16(20)15-8-7-13-5-3-4-6-14(13)18-15/h3-8,12,19H,2,9-11H2,1H3,(H,17,20). The smallest absolute Gasteiger partial charge is 0.269 e. The van der Waals surface area contributed by atoms with Gasteiger partial charge in [0.2, 0.25) is 0 Å². The Morgan fingerprint density at radius 1 is 1.30 bits per heavy atom. The first-order valence-corrected chi connectivity index (χ1v) is 6.99. The molecule has 0 bridgehead atoms. The number of para-hydroxylation sites is 1. The van der Waals surface area contributed by atoms with Crippen LogP contribution in [-0.4, -0.2) is 29.1 Å². The molecule has 0 radical (unpaired) electrons. The molecule has 0 aliphatic carbocycles. The first-order chi connectivity index (χ1) is 9.74. The number of nitrogens with zero attached hydrogens (tertiary/aromatic N) is 1. The van der Waals surface area contributed by atoms with E-state index >= 15 is 0 Å². The molecule has 2 N–H and O–H groups in total. The van der Waals surface area contributed by atoms with Crippen molar-refractivity contribution in [2.45, 2.75) is 19.8 Å². The Kier molecular flexibility index (Phi) is 5.07. The fourth-order valence-corrected chi connectivity index (χ4v) is 2.15. The maximum Gasteiger partial charge on any atom is 0.269 e. The minimum Gasteiger partial charge on any atom is -0.396 e. The number of hydrogen-bond acceptors (Lipinski definition) is 3. The molecule has 1 unspecified atom stereocenters. The number of fused-ring (bicyclic) bond motifs is 1. The Morgan fingerprint density at radius 3 is 2.85 bits per heavy atom. The zero-order valence-corrected chi connectivity index (χ0v) is 11.7. The highest BCUT2D eigenvalue weighted by atomic mass is 16.3. The minimum atomic E-state index is -0.160. The van der Waals surface area contributed by atoms with Crippen LogP contribution in [0, 0.1) is 5.92 Å². The first-order valence-electron chi connectivity index (χ1n) is 6.99. The van der Waals surface area contributed by atoms with Crippen LogP contribution in [0.1, 0.15) is 30.3 Å². The Balaban J connectivity index is 2.03. The summed E-state index contributed by atoms with van der Waals surface area (Å²) in [6.45, 7) is 2.79. The van der Waals surface area contributed by atoms with Crippen LogP contribution < -0.4 is 5.32 Å². The monoisotopic (exact) mass is 272 g/mol. The van der Waals surface area contributed by atoms with Gasteiger partial charge in [-0.15, -0.1) is 0 Å². The van der Waals surface area contributed by atoms with Crippen molar-refractivity contribution < 1.29 is 9.90 Å². The van der Waals surface area contributed by atoms with Gasteiger partial charge in [0, 0.05) is 18.5 Å². The minimum absolute atomic E-state index is 0.155. The number of aliphatic hydroxyl groups excluding tert-OH is 1. The molecule has 1 aromatic carbocycles. The van der Waals surface area contributed by atoms with Crippen molar-refractivity contribution in [2.24, 2.45) is 5.92 Å². The molecule has 1 atom stereocenters. The fourth-order valence-electron chi connectivity index (χ4n) is 2.15. The van der Waals surface area contributed by atoms with Gasteiger partial charge in [-0.25, -0.2) is 4.98 Å². The van der Waals surface area contributed by atoms with E-state index < -0.39 is 0 Å². The number of hydrogen-bond donors (Lipinski definition) is 2. The molecule has 1 heterocycles. The second-order valence-corrected chi connectivity index (χ2v) is 4.89. The number of nitrogens with one attached hydrogen (secondary N) is 1. The number of rotatable bonds is 6. The molecule has 20 heavy (non-hydrogen) atoms. The number of amides is 1. The van der Waals surface area contributed by atoms with E-state index in [0.29, 0.717) is 24.6 Å². The molecule has 2 rings (SSSR count). The number of aliphatic hydroxyl groups is 1. The third-order valence-corrected chi connectivity index (χ3v) is 3.50. The van der Waals surface area contributed by atoms with Gasteiger partial charge in [0.05, 0.1) is 5.52 Å². The van der Waals surface area contributed by atoms with E-state index in [4.69, 9.17) is 5.11 Å². The Hall–Kier alpha value is -1.94. The molecule has 1 amide bonds. The molecule has 0 aliphatic heterocycles. The average Bonchev–Trinajstić information content (AvgIpc) is 2.50. The Morgan fingerprint density at radius 2 is 2.10 bits per heavy atom. The highest BCUT2D eigenvalue weighted by molar-refractivity contribution is 5.94. The fraction of sp³-hybridized carbons (Fsp3) is 0.375. The van der Waals surface area contributed by atoms with Gasteiger partial charge in [-0.2, -0.15) is 0 Å². The lowest BCUT2D eigenvalue weighted by Gasteiger charge is -2.14. The molecule has 0 saturated heterocycles. The van der Waals surface area contributed by atoms with Gasteiger partial charge < -0.3 is 10.4 Å². The lowest BCUT2D eigenvalue weighted by atomic mass is 10.0. The van der Waals surface area contributed by atoms with E-state index in [1.54, 1.807) is 6.07 Å². The molecule has 0 fully saturated rings. The van der Waals surface area contributed by atoms with Crippen molar-refractivity contribution in [2.75, 3.05) is 13.2 Å². The summed E-state index contributed by atoms with van der Waals surface area (Å²) in [7, 11) is 0. The summed E-state index contributed by atoms with van der Waals surface area (Å²) in [4.78, 5) is 16.4. The number of benzene rings is 1. The molecular weight excluding hydrogens is 252 g/mol. The first kappa shape index (κ1) is 14.5. The van der Waals surface area contributed by atoms with Crippen LogP contribution in [0.25, 0.3) is 10.9 Å².